The van der Waals surface area contributed by atoms with Gasteiger partial charge in [0, 0.05) is 11.9 Å². The summed E-state index contributed by atoms with van der Waals surface area (Å²) in [4.78, 5) is 4.25. The molecule has 0 fully saturated rings. The highest BCUT2D eigenvalue weighted by atomic mass is 15.0. The molecular formula is C16H17N3. The monoisotopic (exact) mass is 251 g/mol. The van der Waals surface area contributed by atoms with Crippen LogP contribution in [0.2, 0.25) is 0 Å². The topological polar surface area (TPSA) is 48.7 Å². The highest BCUT2D eigenvalue weighted by Crippen LogP contribution is 2.29. The number of nitrogens with zero attached hydrogens (tertiary/aromatic N) is 2. The summed E-state index contributed by atoms with van der Waals surface area (Å²) in [6.07, 6.45) is 1.58. The molecule has 0 atom stereocenters. The van der Waals surface area contributed by atoms with E-state index in [0.717, 1.165) is 11.5 Å². The first-order valence-corrected chi connectivity index (χ1v) is 6.34. The zero-order chi connectivity index (χ0) is 13.8. The van der Waals surface area contributed by atoms with Crippen LogP contribution in [-0.2, 0) is 0 Å². The van der Waals surface area contributed by atoms with Crippen LogP contribution >= 0.6 is 0 Å². The Bertz CT molecular complexity index is 607. The van der Waals surface area contributed by atoms with Crippen LogP contribution in [0, 0.1) is 18.3 Å². The van der Waals surface area contributed by atoms with E-state index < -0.39 is 0 Å². The molecule has 0 aliphatic carbocycles. The van der Waals surface area contributed by atoms with Crippen LogP contribution in [0.3, 0.4) is 0 Å². The van der Waals surface area contributed by atoms with Gasteiger partial charge in [-0.1, -0.05) is 32.0 Å². The number of hydrogen-bond acceptors (Lipinski definition) is 3. The van der Waals surface area contributed by atoms with Gasteiger partial charge in [0.2, 0.25) is 0 Å². The molecule has 3 heteroatoms. The van der Waals surface area contributed by atoms with Gasteiger partial charge in [-0.05, 0) is 36.1 Å². The number of nitrogens with one attached hydrogen (secondary N) is 1. The van der Waals surface area contributed by atoms with Gasteiger partial charge in [-0.15, -0.1) is 0 Å². The van der Waals surface area contributed by atoms with E-state index in [1.165, 1.54) is 11.1 Å². The number of benzene rings is 1. The van der Waals surface area contributed by atoms with Gasteiger partial charge in [0.05, 0.1) is 5.56 Å². The summed E-state index contributed by atoms with van der Waals surface area (Å²) in [7, 11) is 0. The molecule has 0 saturated heterocycles. The Morgan fingerprint density at radius 3 is 2.58 bits per heavy atom. The number of aromatic nitrogens is 1. The third-order valence-corrected chi connectivity index (χ3v) is 3.07. The number of nitriles is 1. The Morgan fingerprint density at radius 2 is 2.00 bits per heavy atom. The van der Waals surface area contributed by atoms with Crippen molar-refractivity contribution >= 4 is 11.5 Å². The predicted octanol–water partition coefficient (Wildman–Crippen LogP) is 4.13. The third-order valence-electron chi connectivity index (χ3n) is 3.07. The van der Waals surface area contributed by atoms with Gasteiger partial charge in [0.25, 0.3) is 0 Å². The maximum atomic E-state index is 8.77. The van der Waals surface area contributed by atoms with Crippen LogP contribution in [0.25, 0.3) is 0 Å². The van der Waals surface area contributed by atoms with E-state index in [4.69, 9.17) is 5.26 Å². The van der Waals surface area contributed by atoms with E-state index >= 15 is 0 Å². The summed E-state index contributed by atoms with van der Waals surface area (Å²) in [5, 5.41) is 12.1. The molecule has 1 aromatic carbocycles. The smallest absolute Gasteiger partial charge is 0.130 e. The van der Waals surface area contributed by atoms with Crippen molar-refractivity contribution in [1.82, 2.24) is 4.98 Å². The molecule has 96 valence electrons. The van der Waals surface area contributed by atoms with Gasteiger partial charge in [-0.2, -0.15) is 5.26 Å². The average molecular weight is 251 g/mol. The van der Waals surface area contributed by atoms with Crippen LogP contribution < -0.4 is 5.32 Å². The maximum Gasteiger partial charge on any atom is 0.130 e. The quantitative estimate of drug-likeness (QED) is 0.892. The zero-order valence-corrected chi connectivity index (χ0v) is 11.4. The minimum atomic E-state index is 0.445. The van der Waals surface area contributed by atoms with Crippen molar-refractivity contribution in [2.45, 2.75) is 26.7 Å². The van der Waals surface area contributed by atoms with Crippen LogP contribution in [0.1, 0.15) is 36.5 Å². The number of rotatable bonds is 3. The molecule has 0 aliphatic heterocycles. The summed E-state index contributed by atoms with van der Waals surface area (Å²) in [5.41, 5.74) is 4.14. The molecule has 0 radical (unpaired) electrons. The van der Waals surface area contributed by atoms with Gasteiger partial charge in [-0.25, -0.2) is 4.98 Å². The van der Waals surface area contributed by atoms with Crippen molar-refractivity contribution in [1.29, 1.82) is 5.26 Å². The second-order valence-corrected chi connectivity index (χ2v) is 4.86. The fourth-order valence-electron chi connectivity index (χ4n) is 2.00. The molecule has 0 spiro atoms. The van der Waals surface area contributed by atoms with E-state index in [2.05, 4.69) is 55.3 Å². The molecule has 0 amide bonds. The molecule has 1 N–H and O–H groups in total. The molecule has 2 rings (SSSR count). The second-order valence-electron chi connectivity index (χ2n) is 4.86. The lowest BCUT2D eigenvalue weighted by atomic mass is 9.98. The van der Waals surface area contributed by atoms with Gasteiger partial charge < -0.3 is 5.32 Å². The van der Waals surface area contributed by atoms with Crippen molar-refractivity contribution in [2.24, 2.45) is 0 Å². The zero-order valence-electron chi connectivity index (χ0n) is 11.4. The molecule has 1 heterocycles. The number of para-hydroxylation sites is 1. The Kier molecular flexibility index (Phi) is 3.82. The molecule has 0 saturated carbocycles. The summed E-state index contributed by atoms with van der Waals surface area (Å²) in [6, 6.07) is 11.9. The molecule has 3 nitrogen and oxygen atoms in total. The SMILES string of the molecule is Cc1cccc(C(C)C)c1Nc1ccc(C#N)cn1. The largest absolute Gasteiger partial charge is 0.340 e. The van der Waals surface area contributed by atoms with E-state index in [9.17, 15) is 0 Å². The fourth-order valence-corrected chi connectivity index (χ4v) is 2.00. The lowest BCUT2D eigenvalue weighted by Gasteiger charge is -2.16. The summed E-state index contributed by atoms with van der Waals surface area (Å²) in [5.74, 6) is 1.20. The predicted molar refractivity (Wildman–Crippen MR) is 77.5 cm³/mol. The summed E-state index contributed by atoms with van der Waals surface area (Å²) < 4.78 is 0. The van der Waals surface area contributed by atoms with E-state index in [-0.39, 0.29) is 0 Å². The van der Waals surface area contributed by atoms with Gasteiger partial charge in [-0.3, -0.25) is 0 Å². The first kappa shape index (κ1) is 13.1. The molecule has 1 aromatic heterocycles. The van der Waals surface area contributed by atoms with Crippen LogP contribution in [0.5, 0.6) is 0 Å². The van der Waals surface area contributed by atoms with Crippen LogP contribution in [0.15, 0.2) is 36.5 Å². The lowest BCUT2D eigenvalue weighted by Crippen LogP contribution is -2.01. The fraction of sp³-hybridized carbons (Fsp3) is 0.250. The third kappa shape index (κ3) is 2.92. The van der Waals surface area contributed by atoms with E-state index in [1.54, 1.807) is 12.3 Å². The van der Waals surface area contributed by atoms with Crippen molar-refractivity contribution in [2.75, 3.05) is 5.32 Å². The Morgan fingerprint density at radius 1 is 1.21 bits per heavy atom. The standard InChI is InChI=1S/C16H17N3/c1-11(2)14-6-4-5-12(3)16(14)19-15-8-7-13(9-17)10-18-15/h4-8,10-11H,1-3H3,(H,18,19). The average Bonchev–Trinajstić information content (AvgIpc) is 2.41. The number of aryl methyl sites for hydroxylation is 1. The minimum Gasteiger partial charge on any atom is -0.340 e. The molecule has 0 unspecified atom stereocenters. The Labute approximate surface area is 113 Å². The van der Waals surface area contributed by atoms with E-state index in [1.807, 2.05) is 6.07 Å². The normalized spacial score (nSPS) is 10.3. The molecule has 19 heavy (non-hydrogen) atoms. The summed E-state index contributed by atoms with van der Waals surface area (Å²) >= 11 is 0. The minimum absolute atomic E-state index is 0.445. The first-order chi connectivity index (χ1) is 9.11. The number of hydrogen-bond donors (Lipinski definition) is 1. The van der Waals surface area contributed by atoms with Crippen LogP contribution in [0.4, 0.5) is 11.5 Å². The highest BCUT2D eigenvalue weighted by Gasteiger charge is 2.09. The second kappa shape index (κ2) is 5.53. The molecular weight excluding hydrogens is 234 g/mol. The van der Waals surface area contributed by atoms with Gasteiger partial charge in [0.15, 0.2) is 0 Å². The van der Waals surface area contributed by atoms with Gasteiger partial charge >= 0.3 is 0 Å². The van der Waals surface area contributed by atoms with Crippen molar-refractivity contribution in [3.8, 4) is 6.07 Å². The first-order valence-electron chi connectivity index (χ1n) is 6.34. The number of pyridine rings is 1. The highest BCUT2D eigenvalue weighted by molar-refractivity contribution is 5.65. The maximum absolute atomic E-state index is 8.77. The number of anilines is 2. The lowest BCUT2D eigenvalue weighted by molar-refractivity contribution is 0.867. The van der Waals surface area contributed by atoms with E-state index in [0.29, 0.717) is 11.5 Å². The van der Waals surface area contributed by atoms with Crippen LogP contribution in [-0.4, -0.2) is 4.98 Å². The molecule has 0 bridgehead atoms. The van der Waals surface area contributed by atoms with Crippen molar-refractivity contribution in [3.05, 3.63) is 53.2 Å². The van der Waals surface area contributed by atoms with Crippen molar-refractivity contribution < 1.29 is 0 Å². The Balaban J connectivity index is 2.34. The Hall–Kier alpha value is -2.34. The molecule has 2 aromatic rings. The van der Waals surface area contributed by atoms with Crippen molar-refractivity contribution in [3.63, 3.8) is 0 Å². The molecule has 0 aliphatic rings. The summed E-state index contributed by atoms with van der Waals surface area (Å²) in [6.45, 7) is 6.43. The van der Waals surface area contributed by atoms with Gasteiger partial charge in [0.1, 0.15) is 11.9 Å².